The lowest BCUT2D eigenvalue weighted by Crippen LogP contribution is -2.21. The summed E-state index contributed by atoms with van der Waals surface area (Å²) in [4.78, 5) is 11.1. The van der Waals surface area contributed by atoms with Gasteiger partial charge in [-0.3, -0.25) is 0 Å². The molecule has 4 nitrogen and oxygen atoms in total. The molecule has 0 aliphatic carbocycles. The van der Waals surface area contributed by atoms with Gasteiger partial charge in [0.1, 0.15) is 5.82 Å². The van der Waals surface area contributed by atoms with Gasteiger partial charge in [-0.25, -0.2) is 4.98 Å². The maximum atomic E-state index is 6.04. The lowest BCUT2D eigenvalue weighted by molar-refractivity contribution is 0.749. The Hall–Kier alpha value is -1.52. The lowest BCUT2D eigenvalue weighted by Gasteiger charge is -2.18. The third-order valence-electron chi connectivity index (χ3n) is 3.22. The highest BCUT2D eigenvalue weighted by Crippen LogP contribution is 2.27. The third kappa shape index (κ3) is 4.49. The molecule has 0 spiro atoms. The standard InChI is InChI=1S/C16H20Cl2N4/c1-4-5-8-22(3)16-19-11(2)9-15(21-16)20-12-6-7-13(17)14(18)10-12/h6-7,9-10H,4-5,8H2,1-3H3,(H,19,20,21). The molecule has 0 fully saturated rings. The number of benzene rings is 1. The summed E-state index contributed by atoms with van der Waals surface area (Å²) in [6, 6.07) is 7.31. The van der Waals surface area contributed by atoms with Gasteiger partial charge in [0, 0.05) is 31.0 Å². The van der Waals surface area contributed by atoms with Crippen LogP contribution in [0.1, 0.15) is 25.5 Å². The Morgan fingerprint density at radius 1 is 1.14 bits per heavy atom. The van der Waals surface area contributed by atoms with Crippen LogP contribution in [0.15, 0.2) is 24.3 Å². The second-order valence-corrected chi connectivity index (χ2v) is 6.04. The molecule has 0 bridgehead atoms. The Morgan fingerprint density at radius 2 is 1.91 bits per heavy atom. The van der Waals surface area contributed by atoms with Gasteiger partial charge in [0.15, 0.2) is 0 Å². The predicted molar refractivity (Wildman–Crippen MR) is 94.7 cm³/mol. The Bertz CT molecular complexity index is 646. The number of rotatable bonds is 6. The average Bonchev–Trinajstić information content (AvgIpc) is 2.48. The molecule has 0 amide bonds. The molecule has 6 heteroatoms. The van der Waals surface area contributed by atoms with E-state index in [2.05, 4.69) is 27.1 Å². The summed E-state index contributed by atoms with van der Waals surface area (Å²) in [7, 11) is 2.01. The van der Waals surface area contributed by atoms with Crippen LogP contribution in [0, 0.1) is 6.92 Å². The summed E-state index contributed by atoms with van der Waals surface area (Å²) in [6.07, 6.45) is 2.26. The van der Waals surface area contributed by atoms with Crippen LogP contribution in [-0.4, -0.2) is 23.6 Å². The zero-order valence-corrected chi connectivity index (χ0v) is 14.5. The summed E-state index contributed by atoms with van der Waals surface area (Å²) in [5, 5.41) is 4.29. The van der Waals surface area contributed by atoms with Crippen LogP contribution >= 0.6 is 23.2 Å². The van der Waals surface area contributed by atoms with E-state index in [1.165, 1.54) is 0 Å². The van der Waals surface area contributed by atoms with Crippen molar-refractivity contribution in [3.8, 4) is 0 Å². The van der Waals surface area contributed by atoms with Gasteiger partial charge >= 0.3 is 0 Å². The number of nitrogens with zero attached hydrogens (tertiary/aromatic N) is 3. The van der Waals surface area contributed by atoms with Crippen molar-refractivity contribution in [3.63, 3.8) is 0 Å². The van der Waals surface area contributed by atoms with Gasteiger partial charge < -0.3 is 10.2 Å². The van der Waals surface area contributed by atoms with E-state index in [9.17, 15) is 0 Å². The molecule has 1 N–H and O–H groups in total. The third-order valence-corrected chi connectivity index (χ3v) is 3.96. The number of aryl methyl sites for hydroxylation is 1. The minimum Gasteiger partial charge on any atom is -0.344 e. The van der Waals surface area contributed by atoms with E-state index in [4.69, 9.17) is 23.2 Å². The molecule has 1 heterocycles. The molecule has 0 saturated carbocycles. The molecule has 0 saturated heterocycles. The molecule has 0 atom stereocenters. The van der Waals surface area contributed by atoms with E-state index in [1.54, 1.807) is 12.1 Å². The van der Waals surface area contributed by atoms with Crippen LogP contribution in [0.5, 0.6) is 0 Å². The highest BCUT2D eigenvalue weighted by atomic mass is 35.5. The van der Waals surface area contributed by atoms with Crippen LogP contribution in [0.4, 0.5) is 17.5 Å². The molecule has 2 rings (SSSR count). The first-order valence-corrected chi connectivity index (χ1v) is 8.04. The van der Waals surface area contributed by atoms with Crippen LogP contribution in [0.3, 0.4) is 0 Å². The van der Waals surface area contributed by atoms with Crippen molar-refractivity contribution in [2.45, 2.75) is 26.7 Å². The predicted octanol–water partition coefficient (Wildman–Crippen LogP) is 5.07. The fraction of sp³-hybridized carbons (Fsp3) is 0.375. The smallest absolute Gasteiger partial charge is 0.227 e. The monoisotopic (exact) mass is 338 g/mol. The van der Waals surface area contributed by atoms with Crippen LogP contribution in [0.2, 0.25) is 10.0 Å². The van der Waals surface area contributed by atoms with Gasteiger partial charge in [-0.15, -0.1) is 0 Å². The number of anilines is 3. The lowest BCUT2D eigenvalue weighted by atomic mass is 10.3. The number of hydrogen-bond acceptors (Lipinski definition) is 4. The van der Waals surface area contributed by atoms with Gasteiger partial charge in [0.25, 0.3) is 0 Å². The second kappa shape index (κ2) is 7.65. The van der Waals surface area contributed by atoms with Crippen LogP contribution < -0.4 is 10.2 Å². The molecular weight excluding hydrogens is 319 g/mol. The summed E-state index contributed by atoms with van der Waals surface area (Å²) in [5.74, 6) is 1.46. The van der Waals surface area contributed by atoms with Gasteiger partial charge in [0.05, 0.1) is 10.0 Å². The van der Waals surface area contributed by atoms with Crippen molar-refractivity contribution < 1.29 is 0 Å². The SMILES string of the molecule is CCCCN(C)c1nc(C)cc(Nc2ccc(Cl)c(Cl)c2)n1. The van der Waals surface area contributed by atoms with E-state index in [-0.39, 0.29) is 0 Å². The molecule has 118 valence electrons. The van der Waals surface area contributed by atoms with E-state index in [0.717, 1.165) is 42.5 Å². The zero-order chi connectivity index (χ0) is 16.1. The van der Waals surface area contributed by atoms with Gasteiger partial charge in [-0.1, -0.05) is 36.5 Å². The second-order valence-electron chi connectivity index (χ2n) is 5.22. The first-order valence-electron chi connectivity index (χ1n) is 7.28. The minimum atomic E-state index is 0.512. The average molecular weight is 339 g/mol. The van der Waals surface area contributed by atoms with E-state index in [1.807, 2.05) is 26.1 Å². The van der Waals surface area contributed by atoms with Crippen molar-refractivity contribution >= 4 is 40.7 Å². The highest BCUT2D eigenvalue weighted by Gasteiger charge is 2.08. The molecule has 2 aromatic rings. The number of aromatic nitrogens is 2. The topological polar surface area (TPSA) is 41.1 Å². The number of halogens is 2. The summed E-state index contributed by atoms with van der Waals surface area (Å²) < 4.78 is 0. The molecular formula is C16H20Cl2N4. The quantitative estimate of drug-likeness (QED) is 0.798. The largest absolute Gasteiger partial charge is 0.344 e. The maximum Gasteiger partial charge on any atom is 0.227 e. The van der Waals surface area contributed by atoms with Gasteiger partial charge in [-0.05, 0) is 31.5 Å². The van der Waals surface area contributed by atoms with Crippen LogP contribution in [-0.2, 0) is 0 Å². The Balaban J connectivity index is 2.20. The van der Waals surface area contributed by atoms with Crippen molar-refractivity contribution in [2.75, 3.05) is 23.8 Å². The van der Waals surface area contributed by atoms with Crippen molar-refractivity contribution in [1.82, 2.24) is 9.97 Å². The first kappa shape index (κ1) is 16.8. The molecule has 1 aromatic heterocycles. The number of unbranched alkanes of at least 4 members (excludes halogenated alkanes) is 1. The van der Waals surface area contributed by atoms with Crippen LogP contribution in [0.25, 0.3) is 0 Å². The maximum absolute atomic E-state index is 6.04. The molecule has 0 radical (unpaired) electrons. The Kier molecular flexibility index (Phi) is 5.86. The minimum absolute atomic E-state index is 0.512. The Labute approximate surface area is 141 Å². The van der Waals surface area contributed by atoms with E-state index >= 15 is 0 Å². The molecule has 0 aliphatic rings. The fourth-order valence-corrected chi connectivity index (χ4v) is 2.30. The van der Waals surface area contributed by atoms with Crippen molar-refractivity contribution in [2.24, 2.45) is 0 Å². The summed E-state index contributed by atoms with van der Waals surface area (Å²) >= 11 is 12.0. The molecule has 0 unspecified atom stereocenters. The van der Waals surface area contributed by atoms with Crippen molar-refractivity contribution in [3.05, 3.63) is 40.0 Å². The molecule has 22 heavy (non-hydrogen) atoms. The van der Waals surface area contributed by atoms with E-state index in [0.29, 0.717) is 10.0 Å². The van der Waals surface area contributed by atoms with Crippen molar-refractivity contribution in [1.29, 1.82) is 0 Å². The Morgan fingerprint density at radius 3 is 2.59 bits per heavy atom. The number of hydrogen-bond donors (Lipinski definition) is 1. The van der Waals surface area contributed by atoms with Gasteiger partial charge in [0.2, 0.25) is 5.95 Å². The first-order chi connectivity index (χ1) is 10.5. The normalized spacial score (nSPS) is 10.6. The molecule has 1 aromatic carbocycles. The highest BCUT2D eigenvalue weighted by molar-refractivity contribution is 6.42. The summed E-state index contributed by atoms with van der Waals surface area (Å²) in [5.41, 5.74) is 1.76. The van der Waals surface area contributed by atoms with E-state index < -0.39 is 0 Å². The molecule has 0 aliphatic heterocycles. The summed E-state index contributed by atoms with van der Waals surface area (Å²) in [6.45, 7) is 5.06. The fourth-order valence-electron chi connectivity index (χ4n) is 2.00. The number of nitrogens with one attached hydrogen (secondary N) is 1. The zero-order valence-electron chi connectivity index (χ0n) is 13.0. The van der Waals surface area contributed by atoms with Gasteiger partial charge in [-0.2, -0.15) is 4.98 Å².